The lowest BCUT2D eigenvalue weighted by Crippen LogP contribution is -2.47. The number of amides is 1. The normalized spacial score (nSPS) is 15.8. The van der Waals surface area contributed by atoms with Crippen molar-refractivity contribution in [3.8, 4) is 0 Å². The smallest absolute Gasteiger partial charge is 0.238 e. The van der Waals surface area contributed by atoms with Crippen LogP contribution in [0.3, 0.4) is 0 Å². The number of nitrogens with zero attached hydrogens (tertiary/aromatic N) is 3. The summed E-state index contributed by atoms with van der Waals surface area (Å²) in [5.41, 5.74) is 2.07. The lowest BCUT2D eigenvalue weighted by molar-refractivity contribution is -0.117. The van der Waals surface area contributed by atoms with Gasteiger partial charge in [-0.05, 0) is 36.9 Å². The molecule has 1 amide bonds. The van der Waals surface area contributed by atoms with Gasteiger partial charge in [-0.1, -0.05) is 18.2 Å². The van der Waals surface area contributed by atoms with Crippen LogP contribution in [0.25, 0.3) is 23.1 Å². The van der Waals surface area contributed by atoms with Crippen molar-refractivity contribution in [1.82, 2.24) is 20.0 Å². The number of hydrogen-bond acceptors (Lipinski definition) is 4. The molecule has 0 atom stereocenters. The SMILES string of the molecule is CN1CCN(CC(=O)Nc2cc3c(C=Cc4ccc(F)cc4)n[nH]c3cc2F)CC1. The summed E-state index contributed by atoms with van der Waals surface area (Å²) in [6.07, 6.45) is 3.56. The molecule has 0 radical (unpaired) electrons. The first-order chi connectivity index (χ1) is 14.5. The molecule has 1 aliphatic heterocycles. The van der Waals surface area contributed by atoms with E-state index in [1.54, 1.807) is 30.4 Å². The van der Waals surface area contributed by atoms with E-state index < -0.39 is 5.82 Å². The molecule has 3 aromatic rings. The Kier molecular flexibility index (Phi) is 5.87. The van der Waals surface area contributed by atoms with Crippen molar-refractivity contribution >= 4 is 34.6 Å². The highest BCUT2D eigenvalue weighted by atomic mass is 19.1. The molecule has 2 N–H and O–H groups in total. The maximum Gasteiger partial charge on any atom is 0.238 e. The van der Waals surface area contributed by atoms with Gasteiger partial charge in [0.05, 0.1) is 23.4 Å². The minimum atomic E-state index is -0.521. The number of carbonyl (C=O) groups excluding carboxylic acids is 1. The largest absolute Gasteiger partial charge is 0.322 e. The van der Waals surface area contributed by atoms with Gasteiger partial charge in [0.25, 0.3) is 0 Å². The third-order valence-corrected chi connectivity index (χ3v) is 5.22. The summed E-state index contributed by atoms with van der Waals surface area (Å²) in [7, 11) is 2.05. The zero-order valence-electron chi connectivity index (χ0n) is 16.7. The number of aromatic nitrogens is 2. The lowest BCUT2D eigenvalue weighted by atomic mass is 10.1. The van der Waals surface area contributed by atoms with Crippen molar-refractivity contribution in [2.45, 2.75) is 0 Å². The lowest BCUT2D eigenvalue weighted by Gasteiger charge is -2.31. The monoisotopic (exact) mass is 411 g/mol. The highest BCUT2D eigenvalue weighted by Gasteiger charge is 2.18. The second-order valence-corrected chi connectivity index (χ2v) is 7.50. The second kappa shape index (κ2) is 8.73. The Balaban J connectivity index is 1.50. The van der Waals surface area contributed by atoms with E-state index in [2.05, 4.69) is 32.4 Å². The fourth-order valence-electron chi connectivity index (χ4n) is 3.43. The van der Waals surface area contributed by atoms with Crippen molar-refractivity contribution in [3.63, 3.8) is 0 Å². The maximum absolute atomic E-state index is 14.5. The van der Waals surface area contributed by atoms with E-state index in [-0.39, 0.29) is 24.0 Å². The summed E-state index contributed by atoms with van der Waals surface area (Å²) in [6.45, 7) is 3.67. The van der Waals surface area contributed by atoms with Gasteiger partial charge in [-0.25, -0.2) is 8.78 Å². The third kappa shape index (κ3) is 4.72. The molecule has 2 heterocycles. The number of rotatable bonds is 5. The number of benzene rings is 2. The Morgan fingerprint density at radius 2 is 1.87 bits per heavy atom. The minimum absolute atomic E-state index is 0.124. The van der Waals surface area contributed by atoms with Gasteiger partial charge in [0.1, 0.15) is 11.6 Å². The van der Waals surface area contributed by atoms with Crippen LogP contribution >= 0.6 is 0 Å². The Labute approximate surface area is 173 Å². The van der Waals surface area contributed by atoms with Crippen LogP contribution in [-0.4, -0.2) is 65.7 Å². The van der Waals surface area contributed by atoms with Gasteiger partial charge < -0.3 is 10.2 Å². The molecule has 8 heteroatoms. The fourth-order valence-corrected chi connectivity index (χ4v) is 3.43. The number of aromatic amines is 1. The number of carbonyl (C=O) groups is 1. The summed E-state index contributed by atoms with van der Waals surface area (Å²) in [4.78, 5) is 16.7. The zero-order valence-corrected chi connectivity index (χ0v) is 16.7. The molecule has 4 rings (SSSR count). The Bertz CT molecular complexity index is 1070. The van der Waals surface area contributed by atoms with Crippen LogP contribution in [0.5, 0.6) is 0 Å². The predicted molar refractivity (Wildman–Crippen MR) is 114 cm³/mol. The highest BCUT2D eigenvalue weighted by molar-refractivity contribution is 5.97. The molecule has 0 aliphatic carbocycles. The number of anilines is 1. The number of halogens is 2. The van der Waals surface area contributed by atoms with Crippen LogP contribution in [0.2, 0.25) is 0 Å². The second-order valence-electron chi connectivity index (χ2n) is 7.50. The van der Waals surface area contributed by atoms with Crippen molar-refractivity contribution in [3.05, 3.63) is 59.3 Å². The molecule has 0 bridgehead atoms. The third-order valence-electron chi connectivity index (χ3n) is 5.22. The van der Waals surface area contributed by atoms with Crippen molar-refractivity contribution in [2.75, 3.05) is 45.1 Å². The number of H-pyrrole nitrogens is 1. The van der Waals surface area contributed by atoms with Crippen molar-refractivity contribution in [2.24, 2.45) is 0 Å². The van der Waals surface area contributed by atoms with Gasteiger partial charge in [0, 0.05) is 37.6 Å². The van der Waals surface area contributed by atoms with E-state index >= 15 is 0 Å². The average molecular weight is 411 g/mol. The average Bonchev–Trinajstić information content (AvgIpc) is 3.11. The molecular formula is C22H23F2N5O. The summed E-state index contributed by atoms with van der Waals surface area (Å²) in [6, 6.07) is 8.98. The van der Waals surface area contributed by atoms with Crippen molar-refractivity contribution < 1.29 is 13.6 Å². The molecule has 0 unspecified atom stereocenters. The van der Waals surface area contributed by atoms with Gasteiger partial charge in [-0.15, -0.1) is 0 Å². The number of likely N-dealkylation sites (N-methyl/N-ethyl adjacent to an activating group) is 1. The van der Waals surface area contributed by atoms with E-state index in [9.17, 15) is 13.6 Å². The number of piperazine rings is 1. The maximum atomic E-state index is 14.5. The topological polar surface area (TPSA) is 64.3 Å². The fraction of sp³-hybridized carbons (Fsp3) is 0.273. The van der Waals surface area contributed by atoms with E-state index in [1.165, 1.54) is 18.2 Å². The number of hydrogen-bond donors (Lipinski definition) is 2. The summed E-state index contributed by atoms with van der Waals surface area (Å²) in [5.74, 6) is -1.07. The van der Waals surface area contributed by atoms with E-state index in [4.69, 9.17) is 0 Å². The van der Waals surface area contributed by atoms with E-state index in [0.717, 1.165) is 31.7 Å². The predicted octanol–water partition coefficient (Wildman–Crippen LogP) is 3.20. The molecule has 1 aromatic heterocycles. The molecule has 0 saturated carbocycles. The van der Waals surface area contributed by atoms with Crippen molar-refractivity contribution in [1.29, 1.82) is 0 Å². The Hall–Kier alpha value is -3.10. The molecule has 1 saturated heterocycles. The quantitative estimate of drug-likeness (QED) is 0.677. The van der Waals surface area contributed by atoms with Crippen LogP contribution in [0.1, 0.15) is 11.3 Å². The molecule has 1 fully saturated rings. The van der Waals surface area contributed by atoms with Gasteiger partial charge in [-0.2, -0.15) is 5.10 Å². The highest BCUT2D eigenvalue weighted by Crippen LogP contribution is 2.25. The van der Waals surface area contributed by atoms with Crippen LogP contribution < -0.4 is 5.32 Å². The number of fused-ring (bicyclic) bond motifs is 1. The van der Waals surface area contributed by atoms with Crippen LogP contribution in [-0.2, 0) is 4.79 Å². The first kappa shape index (κ1) is 20.2. The Morgan fingerprint density at radius 1 is 1.13 bits per heavy atom. The van der Waals surface area contributed by atoms with Crippen LogP contribution in [0, 0.1) is 11.6 Å². The minimum Gasteiger partial charge on any atom is -0.322 e. The first-order valence-electron chi connectivity index (χ1n) is 9.80. The van der Waals surface area contributed by atoms with E-state index in [0.29, 0.717) is 16.6 Å². The molecule has 156 valence electrons. The molecule has 0 spiro atoms. The Morgan fingerprint density at radius 3 is 2.60 bits per heavy atom. The summed E-state index contributed by atoms with van der Waals surface area (Å²) >= 11 is 0. The van der Waals surface area contributed by atoms with Gasteiger partial charge in [-0.3, -0.25) is 14.8 Å². The van der Waals surface area contributed by atoms with Crippen LogP contribution in [0.4, 0.5) is 14.5 Å². The van der Waals surface area contributed by atoms with Gasteiger partial charge in [0.2, 0.25) is 5.91 Å². The summed E-state index contributed by atoms with van der Waals surface area (Å²) in [5, 5.41) is 10.4. The molecule has 6 nitrogen and oxygen atoms in total. The molecule has 1 aliphatic rings. The van der Waals surface area contributed by atoms with E-state index in [1.807, 2.05) is 0 Å². The molecule has 2 aromatic carbocycles. The standard InChI is InChI=1S/C22H23F2N5O/c1-28-8-10-29(11-9-28)14-22(30)25-21-12-17-19(26-27-20(17)13-18(21)24)7-4-15-2-5-16(23)6-3-15/h2-7,12-13H,8-11,14H2,1H3,(H,25,30)(H,26,27). The zero-order chi connectivity index (χ0) is 21.1. The van der Waals surface area contributed by atoms with Gasteiger partial charge in [0.15, 0.2) is 0 Å². The summed E-state index contributed by atoms with van der Waals surface area (Å²) < 4.78 is 27.5. The number of nitrogens with one attached hydrogen (secondary N) is 2. The molecule has 30 heavy (non-hydrogen) atoms. The van der Waals surface area contributed by atoms with Gasteiger partial charge >= 0.3 is 0 Å². The first-order valence-corrected chi connectivity index (χ1v) is 9.80. The van der Waals surface area contributed by atoms with Crippen LogP contribution in [0.15, 0.2) is 36.4 Å². The molecular weight excluding hydrogens is 388 g/mol.